The van der Waals surface area contributed by atoms with Crippen molar-refractivity contribution in [1.29, 1.82) is 0 Å². The maximum Gasteiger partial charge on any atom is 0.325 e. The van der Waals surface area contributed by atoms with Gasteiger partial charge >= 0.3 is 5.69 Å². The molecule has 31 heavy (non-hydrogen) atoms. The first-order valence-corrected chi connectivity index (χ1v) is 10.8. The highest BCUT2D eigenvalue weighted by Gasteiger charge is 2.15. The third-order valence-corrected chi connectivity index (χ3v) is 5.50. The number of benzene rings is 2. The fourth-order valence-corrected chi connectivity index (χ4v) is 3.92. The molecule has 0 saturated heterocycles. The van der Waals surface area contributed by atoms with E-state index in [2.05, 4.69) is 32.3 Å². The van der Waals surface area contributed by atoms with Crippen molar-refractivity contribution in [3.63, 3.8) is 0 Å². The Balaban J connectivity index is 1.62. The molecule has 2 aromatic heterocycles. The largest absolute Gasteiger partial charge is 0.325 e. The topological polar surface area (TPSA) is 96.4 Å². The average Bonchev–Trinajstić information content (AvgIpc) is 3.14. The number of halogens is 1. The Morgan fingerprint density at radius 1 is 1.00 bits per heavy atom. The quantitative estimate of drug-likeness (QED) is 0.418. The molecule has 0 saturated carbocycles. The summed E-state index contributed by atoms with van der Waals surface area (Å²) < 4.78 is 1.90. The van der Waals surface area contributed by atoms with Crippen molar-refractivity contribution in [3.05, 3.63) is 110 Å². The minimum Gasteiger partial charge on any atom is -0.311 e. The van der Waals surface area contributed by atoms with E-state index >= 15 is 0 Å². The standard InChI is InChI=1S/C22H18ClN5O2S/c23-16-8-10-18(11-9-16)28-19(13-17-14-20(29)25-21(30)24-17)26-27-22(28)31-12-4-7-15-5-2-1-3-6-15/h1-11,14H,12-13H2,(H2,24,25,29,30)/b7-4+. The molecular weight excluding hydrogens is 434 g/mol. The highest BCUT2D eigenvalue weighted by molar-refractivity contribution is 7.99. The molecule has 0 bridgehead atoms. The van der Waals surface area contributed by atoms with Crippen molar-refractivity contribution in [2.24, 2.45) is 0 Å². The molecule has 156 valence electrons. The van der Waals surface area contributed by atoms with Gasteiger partial charge in [0.2, 0.25) is 0 Å². The molecule has 2 aromatic carbocycles. The van der Waals surface area contributed by atoms with Crippen molar-refractivity contribution in [2.45, 2.75) is 11.6 Å². The van der Waals surface area contributed by atoms with Crippen molar-refractivity contribution in [3.8, 4) is 5.69 Å². The van der Waals surface area contributed by atoms with Crippen LogP contribution in [0.4, 0.5) is 0 Å². The van der Waals surface area contributed by atoms with Crippen molar-refractivity contribution in [1.82, 2.24) is 24.7 Å². The maximum absolute atomic E-state index is 11.6. The average molecular weight is 452 g/mol. The van der Waals surface area contributed by atoms with Crippen LogP contribution >= 0.6 is 23.4 Å². The number of aromatic amines is 2. The summed E-state index contributed by atoms with van der Waals surface area (Å²) in [6.45, 7) is 0. The first kappa shape index (κ1) is 20.9. The lowest BCUT2D eigenvalue weighted by molar-refractivity contribution is 0.830. The van der Waals surface area contributed by atoms with Crippen LogP contribution in [0, 0.1) is 0 Å². The molecule has 0 aliphatic rings. The smallest absolute Gasteiger partial charge is 0.311 e. The molecule has 0 aliphatic carbocycles. The number of hydrogen-bond acceptors (Lipinski definition) is 5. The summed E-state index contributed by atoms with van der Waals surface area (Å²) in [6.07, 6.45) is 4.36. The Bertz CT molecular complexity index is 1280. The van der Waals surface area contributed by atoms with Crippen molar-refractivity contribution >= 4 is 29.4 Å². The van der Waals surface area contributed by atoms with Gasteiger partial charge in [0.15, 0.2) is 5.16 Å². The molecular formula is C22H18ClN5O2S. The molecule has 4 aromatic rings. The molecule has 4 rings (SSSR count). The number of thioether (sulfide) groups is 1. The van der Waals surface area contributed by atoms with E-state index in [1.807, 2.05) is 47.0 Å². The molecule has 0 radical (unpaired) electrons. The predicted octanol–water partition coefficient (Wildman–Crippen LogP) is 3.69. The lowest BCUT2D eigenvalue weighted by atomic mass is 10.2. The zero-order chi connectivity index (χ0) is 21.6. The van der Waals surface area contributed by atoms with Crippen LogP contribution in [0.2, 0.25) is 5.02 Å². The van der Waals surface area contributed by atoms with Crippen LogP contribution in [-0.4, -0.2) is 30.5 Å². The van der Waals surface area contributed by atoms with Gasteiger partial charge in [-0.2, -0.15) is 0 Å². The predicted molar refractivity (Wildman–Crippen MR) is 123 cm³/mol. The van der Waals surface area contributed by atoms with Crippen LogP contribution in [0.5, 0.6) is 0 Å². The number of nitrogens with zero attached hydrogens (tertiary/aromatic N) is 3. The SMILES string of the molecule is O=c1cc(Cc2nnc(SC/C=C/c3ccccc3)n2-c2ccc(Cl)cc2)[nH]c(=O)[nH]1. The van der Waals surface area contributed by atoms with Gasteiger partial charge < -0.3 is 4.98 Å². The monoisotopic (exact) mass is 451 g/mol. The number of aromatic nitrogens is 5. The summed E-state index contributed by atoms with van der Waals surface area (Å²) in [5.74, 6) is 1.29. The zero-order valence-electron chi connectivity index (χ0n) is 16.3. The van der Waals surface area contributed by atoms with Crippen LogP contribution < -0.4 is 11.2 Å². The minimum absolute atomic E-state index is 0.245. The molecule has 2 heterocycles. The summed E-state index contributed by atoms with van der Waals surface area (Å²) >= 11 is 7.58. The molecule has 2 N–H and O–H groups in total. The lowest BCUT2D eigenvalue weighted by Crippen LogP contribution is -2.23. The Labute approximate surface area is 186 Å². The van der Waals surface area contributed by atoms with E-state index in [1.165, 1.54) is 17.8 Å². The van der Waals surface area contributed by atoms with E-state index in [-0.39, 0.29) is 6.42 Å². The second-order valence-electron chi connectivity index (χ2n) is 6.62. The highest BCUT2D eigenvalue weighted by Crippen LogP contribution is 2.24. The maximum atomic E-state index is 11.6. The van der Waals surface area contributed by atoms with Crippen molar-refractivity contribution < 1.29 is 0 Å². The van der Waals surface area contributed by atoms with Gasteiger partial charge in [0.25, 0.3) is 5.56 Å². The van der Waals surface area contributed by atoms with E-state index in [0.29, 0.717) is 27.5 Å². The second kappa shape index (κ2) is 9.63. The van der Waals surface area contributed by atoms with Gasteiger partial charge in [-0.05, 0) is 29.8 Å². The van der Waals surface area contributed by atoms with Crippen LogP contribution in [0.15, 0.2) is 81.5 Å². The Hall–Kier alpha value is -3.36. The summed E-state index contributed by atoms with van der Waals surface area (Å²) in [7, 11) is 0. The van der Waals surface area contributed by atoms with Gasteiger partial charge in [-0.1, -0.05) is 65.8 Å². The first-order chi connectivity index (χ1) is 15.1. The van der Waals surface area contributed by atoms with Crippen molar-refractivity contribution in [2.75, 3.05) is 5.75 Å². The fraction of sp³-hybridized carbons (Fsp3) is 0.0909. The first-order valence-electron chi connectivity index (χ1n) is 9.45. The van der Waals surface area contributed by atoms with Gasteiger partial charge in [0.1, 0.15) is 5.82 Å². The Morgan fingerprint density at radius 2 is 1.77 bits per heavy atom. The van der Waals surface area contributed by atoms with Gasteiger partial charge in [0, 0.05) is 34.6 Å². The van der Waals surface area contributed by atoms with E-state index in [4.69, 9.17) is 11.6 Å². The Kier molecular flexibility index (Phi) is 6.49. The summed E-state index contributed by atoms with van der Waals surface area (Å²) in [5, 5.41) is 9.96. The lowest BCUT2D eigenvalue weighted by Gasteiger charge is -2.10. The molecule has 0 aliphatic heterocycles. The van der Waals surface area contributed by atoms with Crippen LogP contribution in [-0.2, 0) is 6.42 Å². The molecule has 0 atom stereocenters. The van der Waals surface area contributed by atoms with Crippen LogP contribution in [0.3, 0.4) is 0 Å². The van der Waals surface area contributed by atoms with Gasteiger partial charge in [0.05, 0.1) is 0 Å². The summed E-state index contributed by atoms with van der Waals surface area (Å²) in [6, 6.07) is 18.7. The third-order valence-electron chi connectivity index (χ3n) is 4.37. The Morgan fingerprint density at radius 3 is 2.52 bits per heavy atom. The number of nitrogens with one attached hydrogen (secondary N) is 2. The second-order valence-corrected chi connectivity index (χ2v) is 8.05. The van der Waals surface area contributed by atoms with E-state index < -0.39 is 11.2 Å². The highest BCUT2D eigenvalue weighted by atomic mass is 35.5. The zero-order valence-corrected chi connectivity index (χ0v) is 17.9. The fourth-order valence-electron chi connectivity index (χ4n) is 3.01. The van der Waals surface area contributed by atoms with Crippen LogP contribution in [0.25, 0.3) is 11.8 Å². The van der Waals surface area contributed by atoms with E-state index in [1.54, 1.807) is 12.1 Å². The molecule has 0 fully saturated rings. The normalized spacial score (nSPS) is 11.3. The summed E-state index contributed by atoms with van der Waals surface area (Å²) in [4.78, 5) is 28.1. The molecule has 0 amide bonds. The summed E-state index contributed by atoms with van der Waals surface area (Å²) in [5.41, 5.74) is 1.40. The molecule has 0 unspecified atom stereocenters. The number of hydrogen-bond donors (Lipinski definition) is 2. The number of H-pyrrole nitrogens is 2. The van der Waals surface area contributed by atoms with E-state index in [9.17, 15) is 9.59 Å². The van der Waals surface area contributed by atoms with Gasteiger partial charge in [-0.3, -0.25) is 14.3 Å². The molecule has 9 heteroatoms. The molecule has 0 spiro atoms. The van der Waals surface area contributed by atoms with Gasteiger partial charge in [-0.15, -0.1) is 10.2 Å². The number of rotatable bonds is 7. The van der Waals surface area contributed by atoms with E-state index in [0.717, 1.165) is 11.3 Å². The van der Waals surface area contributed by atoms with Crippen LogP contribution in [0.1, 0.15) is 17.1 Å². The molecule has 7 nitrogen and oxygen atoms in total. The minimum atomic E-state index is -0.555. The van der Waals surface area contributed by atoms with Gasteiger partial charge in [-0.25, -0.2) is 4.79 Å². The third kappa shape index (κ3) is 5.42.